The molecule has 1 aliphatic heterocycles. The highest BCUT2D eigenvalue weighted by Crippen LogP contribution is 2.35. The fraction of sp³-hybridized carbons (Fsp3) is 0.200. The topological polar surface area (TPSA) is 38.7 Å². The molecule has 1 heterocycles. The molecule has 2 aromatic rings. The molecule has 1 unspecified atom stereocenters. The lowest BCUT2D eigenvalue weighted by molar-refractivity contribution is 0.171. The molecular weight excluding hydrogens is 283 g/mol. The molecule has 0 aromatic heterocycles. The van der Waals surface area contributed by atoms with Crippen LogP contribution >= 0.6 is 11.6 Å². The van der Waals surface area contributed by atoms with Crippen molar-refractivity contribution in [3.8, 4) is 11.5 Å². The van der Waals surface area contributed by atoms with Crippen LogP contribution in [0.5, 0.6) is 11.5 Å². The van der Waals surface area contributed by atoms with Crippen molar-refractivity contribution in [2.45, 2.75) is 12.5 Å². The first kappa shape index (κ1) is 13.2. The molecule has 0 saturated heterocycles. The minimum Gasteiger partial charge on any atom is -0.454 e. The third-order valence-electron chi connectivity index (χ3n) is 3.21. The molecule has 1 N–H and O–H groups in total. The Hall–Kier alpha value is -1.78. The molecule has 1 aliphatic rings. The van der Waals surface area contributed by atoms with E-state index in [1.165, 1.54) is 12.1 Å². The highest BCUT2D eigenvalue weighted by molar-refractivity contribution is 6.31. The van der Waals surface area contributed by atoms with Crippen molar-refractivity contribution in [1.82, 2.24) is 0 Å². The van der Waals surface area contributed by atoms with E-state index < -0.39 is 11.9 Å². The zero-order valence-electron chi connectivity index (χ0n) is 10.5. The van der Waals surface area contributed by atoms with E-state index in [-0.39, 0.29) is 6.79 Å². The van der Waals surface area contributed by atoms with Gasteiger partial charge in [-0.2, -0.15) is 0 Å². The molecule has 0 saturated carbocycles. The Balaban J connectivity index is 1.80. The second-order valence-corrected chi connectivity index (χ2v) is 4.98. The van der Waals surface area contributed by atoms with Crippen molar-refractivity contribution in [1.29, 1.82) is 0 Å². The van der Waals surface area contributed by atoms with Gasteiger partial charge in [0.2, 0.25) is 6.79 Å². The lowest BCUT2D eigenvalue weighted by atomic mass is 10.0. The maximum absolute atomic E-state index is 13.0. The smallest absolute Gasteiger partial charge is 0.231 e. The molecule has 0 aliphatic carbocycles. The second kappa shape index (κ2) is 5.31. The molecule has 104 valence electrons. The van der Waals surface area contributed by atoms with E-state index >= 15 is 0 Å². The summed E-state index contributed by atoms with van der Waals surface area (Å²) in [5.74, 6) is 0.892. The predicted octanol–water partition coefficient (Wildman–Crippen LogP) is 3.48. The van der Waals surface area contributed by atoms with Crippen LogP contribution in [-0.2, 0) is 6.42 Å². The molecule has 0 radical (unpaired) electrons. The Morgan fingerprint density at radius 2 is 1.95 bits per heavy atom. The quantitative estimate of drug-likeness (QED) is 0.942. The summed E-state index contributed by atoms with van der Waals surface area (Å²) in [6.45, 7) is 0.193. The van der Waals surface area contributed by atoms with Gasteiger partial charge < -0.3 is 14.6 Å². The van der Waals surface area contributed by atoms with Gasteiger partial charge >= 0.3 is 0 Å². The number of aliphatic hydroxyl groups is 1. The minimum absolute atomic E-state index is 0.193. The van der Waals surface area contributed by atoms with Gasteiger partial charge in [0.05, 0.1) is 6.10 Å². The maximum Gasteiger partial charge on any atom is 0.231 e. The van der Waals surface area contributed by atoms with Gasteiger partial charge in [-0.3, -0.25) is 0 Å². The Morgan fingerprint density at radius 3 is 2.75 bits per heavy atom. The van der Waals surface area contributed by atoms with E-state index in [1.807, 2.05) is 0 Å². The average molecular weight is 295 g/mol. The van der Waals surface area contributed by atoms with Gasteiger partial charge in [-0.05, 0) is 35.4 Å². The maximum atomic E-state index is 13.0. The Morgan fingerprint density at radius 1 is 1.15 bits per heavy atom. The molecule has 5 heteroatoms. The van der Waals surface area contributed by atoms with E-state index in [0.29, 0.717) is 34.1 Å². The number of fused-ring (bicyclic) bond motifs is 1. The highest BCUT2D eigenvalue weighted by Gasteiger charge is 2.17. The van der Waals surface area contributed by atoms with E-state index in [4.69, 9.17) is 21.1 Å². The van der Waals surface area contributed by atoms with Gasteiger partial charge in [0.25, 0.3) is 0 Å². The van der Waals surface area contributed by atoms with Gasteiger partial charge in [-0.25, -0.2) is 4.39 Å². The molecule has 0 bridgehead atoms. The van der Waals surface area contributed by atoms with Crippen LogP contribution in [0, 0.1) is 5.82 Å². The zero-order chi connectivity index (χ0) is 14.1. The van der Waals surface area contributed by atoms with Gasteiger partial charge in [-0.1, -0.05) is 23.7 Å². The molecule has 0 spiro atoms. The fourth-order valence-electron chi connectivity index (χ4n) is 2.13. The van der Waals surface area contributed by atoms with Crippen LogP contribution in [0.25, 0.3) is 0 Å². The van der Waals surface area contributed by atoms with Crippen LogP contribution in [0.3, 0.4) is 0 Å². The molecule has 3 nitrogen and oxygen atoms in total. The van der Waals surface area contributed by atoms with Crippen molar-refractivity contribution in [2.75, 3.05) is 6.79 Å². The fourth-order valence-corrected chi connectivity index (χ4v) is 2.38. The summed E-state index contributed by atoms with van der Waals surface area (Å²) >= 11 is 5.96. The van der Waals surface area contributed by atoms with Crippen LogP contribution in [0.15, 0.2) is 36.4 Å². The van der Waals surface area contributed by atoms with E-state index in [2.05, 4.69) is 0 Å². The van der Waals surface area contributed by atoms with E-state index in [9.17, 15) is 9.50 Å². The predicted molar refractivity (Wildman–Crippen MR) is 72.6 cm³/mol. The summed E-state index contributed by atoms with van der Waals surface area (Å²) < 4.78 is 23.5. The molecule has 0 fully saturated rings. The summed E-state index contributed by atoms with van der Waals surface area (Å²) in [6.07, 6.45) is -0.439. The molecule has 3 rings (SSSR count). The lowest BCUT2D eigenvalue weighted by Gasteiger charge is -2.13. The largest absolute Gasteiger partial charge is 0.454 e. The van der Waals surface area contributed by atoms with Gasteiger partial charge in [0, 0.05) is 11.4 Å². The normalized spacial score (nSPS) is 14.3. The standard InChI is InChI=1S/C15H12ClFO3/c16-12-7-11(17)3-1-9(12)5-13(18)10-2-4-14-15(6-10)20-8-19-14/h1-4,6-7,13,18H,5,8H2. The molecular formula is C15H12ClFO3. The van der Waals surface area contributed by atoms with E-state index in [0.717, 1.165) is 0 Å². The van der Waals surface area contributed by atoms with Crippen molar-refractivity contribution in [2.24, 2.45) is 0 Å². The monoisotopic (exact) mass is 294 g/mol. The Kier molecular flexibility index (Phi) is 3.51. The lowest BCUT2D eigenvalue weighted by Crippen LogP contribution is -2.02. The van der Waals surface area contributed by atoms with Crippen molar-refractivity contribution < 1.29 is 19.0 Å². The van der Waals surface area contributed by atoms with Crippen LogP contribution < -0.4 is 9.47 Å². The van der Waals surface area contributed by atoms with Crippen molar-refractivity contribution >= 4 is 11.6 Å². The van der Waals surface area contributed by atoms with Crippen LogP contribution in [0.2, 0.25) is 5.02 Å². The molecule has 2 aromatic carbocycles. The first-order valence-corrected chi connectivity index (χ1v) is 6.53. The van der Waals surface area contributed by atoms with Gasteiger partial charge in [-0.15, -0.1) is 0 Å². The summed E-state index contributed by atoms with van der Waals surface area (Å²) in [6, 6.07) is 9.41. The zero-order valence-corrected chi connectivity index (χ0v) is 11.2. The molecule has 0 amide bonds. The first-order chi connectivity index (χ1) is 9.63. The first-order valence-electron chi connectivity index (χ1n) is 6.15. The number of aliphatic hydroxyl groups excluding tert-OH is 1. The summed E-state index contributed by atoms with van der Waals surface area (Å²) in [7, 11) is 0. The number of rotatable bonds is 3. The number of hydrogen-bond donors (Lipinski definition) is 1. The van der Waals surface area contributed by atoms with Crippen LogP contribution in [0.4, 0.5) is 4.39 Å². The van der Waals surface area contributed by atoms with Gasteiger partial charge in [0.1, 0.15) is 5.82 Å². The minimum atomic E-state index is -0.743. The number of benzene rings is 2. The molecule has 1 atom stereocenters. The Bertz CT molecular complexity index is 645. The Labute approximate surface area is 120 Å². The van der Waals surface area contributed by atoms with E-state index in [1.54, 1.807) is 24.3 Å². The third-order valence-corrected chi connectivity index (χ3v) is 3.56. The second-order valence-electron chi connectivity index (χ2n) is 4.57. The summed E-state index contributed by atoms with van der Waals surface area (Å²) in [5.41, 5.74) is 1.40. The average Bonchev–Trinajstić information content (AvgIpc) is 2.89. The SMILES string of the molecule is OC(Cc1ccc(F)cc1Cl)c1ccc2c(c1)OCO2. The van der Waals surface area contributed by atoms with Crippen molar-refractivity contribution in [3.05, 3.63) is 58.4 Å². The third kappa shape index (κ3) is 2.57. The van der Waals surface area contributed by atoms with Gasteiger partial charge in [0.15, 0.2) is 11.5 Å². The summed E-state index contributed by atoms with van der Waals surface area (Å²) in [4.78, 5) is 0. The number of ether oxygens (including phenoxy) is 2. The molecule has 20 heavy (non-hydrogen) atoms. The van der Waals surface area contributed by atoms with Crippen LogP contribution in [0.1, 0.15) is 17.2 Å². The summed E-state index contributed by atoms with van der Waals surface area (Å²) in [5, 5.41) is 10.6. The van der Waals surface area contributed by atoms with Crippen LogP contribution in [-0.4, -0.2) is 11.9 Å². The number of halogens is 2. The number of hydrogen-bond acceptors (Lipinski definition) is 3. The highest BCUT2D eigenvalue weighted by atomic mass is 35.5. The van der Waals surface area contributed by atoms with Crippen molar-refractivity contribution in [3.63, 3.8) is 0 Å².